The van der Waals surface area contributed by atoms with Gasteiger partial charge in [0.2, 0.25) is 0 Å². The SMILES string of the molecule is CC(C)(C)OC(=O)[NH2+]c1ccc(OC(=O)C(C)(C)I)c2ccccc12. The molecule has 2 aromatic rings. The van der Waals surface area contributed by atoms with Crippen LogP contribution in [0.1, 0.15) is 34.6 Å². The highest BCUT2D eigenvalue weighted by Gasteiger charge is 2.27. The van der Waals surface area contributed by atoms with Gasteiger partial charge < -0.3 is 9.47 Å². The van der Waals surface area contributed by atoms with Crippen molar-refractivity contribution in [3.63, 3.8) is 0 Å². The van der Waals surface area contributed by atoms with E-state index in [1.807, 2.05) is 67.6 Å². The molecule has 134 valence electrons. The minimum absolute atomic E-state index is 0.317. The predicted octanol–water partition coefficient (Wildman–Crippen LogP) is 4.09. The van der Waals surface area contributed by atoms with Crippen LogP contribution in [0.2, 0.25) is 0 Å². The van der Waals surface area contributed by atoms with E-state index in [9.17, 15) is 9.59 Å². The Kier molecular flexibility index (Phi) is 5.73. The summed E-state index contributed by atoms with van der Waals surface area (Å²) in [4.78, 5) is 24.3. The highest BCUT2D eigenvalue weighted by Crippen LogP contribution is 2.31. The molecule has 5 nitrogen and oxygen atoms in total. The molecule has 0 aromatic heterocycles. The number of primary amides is 1. The van der Waals surface area contributed by atoms with Crippen LogP contribution in [0.4, 0.5) is 10.5 Å². The zero-order valence-corrected chi connectivity index (χ0v) is 17.2. The Labute approximate surface area is 161 Å². The van der Waals surface area contributed by atoms with E-state index in [1.165, 1.54) is 5.32 Å². The monoisotopic (exact) mass is 456 g/mol. The quantitative estimate of drug-likeness (QED) is 0.249. The molecule has 0 saturated carbocycles. The number of ether oxygens (including phenoxy) is 2. The second-order valence-corrected chi connectivity index (χ2v) is 9.94. The number of alkyl halides is 1. The molecule has 0 radical (unpaired) electrons. The minimum atomic E-state index is -0.625. The van der Waals surface area contributed by atoms with E-state index >= 15 is 0 Å². The van der Waals surface area contributed by atoms with E-state index < -0.39 is 15.1 Å². The fraction of sp³-hybridized carbons (Fsp3) is 0.368. The second kappa shape index (κ2) is 7.29. The van der Waals surface area contributed by atoms with Crippen molar-refractivity contribution in [2.24, 2.45) is 0 Å². The Balaban J connectivity index is 2.35. The summed E-state index contributed by atoms with van der Waals surface area (Å²) in [5.41, 5.74) is 0.170. The zero-order valence-electron chi connectivity index (χ0n) is 15.1. The molecule has 0 aliphatic carbocycles. The highest BCUT2D eigenvalue weighted by molar-refractivity contribution is 14.1. The van der Waals surface area contributed by atoms with Gasteiger partial charge in [-0.15, -0.1) is 0 Å². The fourth-order valence-electron chi connectivity index (χ4n) is 2.19. The van der Waals surface area contributed by atoms with Crippen LogP contribution in [-0.2, 0) is 9.53 Å². The number of benzene rings is 2. The number of carbonyl (C=O) groups excluding carboxylic acids is 2. The fourth-order valence-corrected chi connectivity index (χ4v) is 2.30. The number of fused-ring (bicyclic) bond motifs is 1. The highest BCUT2D eigenvalue weighted by atomic mass is 127. The van der Waals surface area contributed by atoms with Crippen LogP contribution in [-0.4, -0.2) is 21.1 Å². The van der Waals surface area contributed by atoms with E-state index in [4.69, 9.17) is 9.47 Å². The summed E-state index contributed by atoms with van der Waals surface area (Å²) in [5, 5.41) is 3.06. The standard InChI is InChI=1S/C19H22INO4/c1-18(2,3)25-17(23)21-14-10-11-15(24-16(22)19(4,5)20)13-9-7-6-8-12(13)14/h6-11H,1-5H3,(H,21,23)/p+1. The van der Waals surface area contributed by atoms with Gasteiger partial charge in [0.15, 0.2) is 0 Å². The summed E-state index contributed by atoms with van der Waals surface area (Å²) < 4.78 is 10.3. The number of nitrogens with two attached hydrogens (primary N) is 1. The van der Waals surface area contributed by atoms with E-state index in [0.717, 1.165) is 16.5 Å². The molecule has 6 heteroatoms. The molecule has 0 heterocycles. The molecule has 0 saturated heterocycles. The first kappa shape index (κ1) is 19.7. The molecule has 25 heavy (non-hydrogen) atoms. The Morgan fingerprint density at radius 1 is 0.960 bits per heavy atom. The molecule has 0 fully saturated rings. The van der Waals surface area contributed by atoms with Gasteiger partial charge in [0.1, 0.15) is 20.5 Å². The molecular formula is C19H23INO4+. The first-order valence-electron chi connectivity index (χ1n) is 7.98. The average molecular weight is 456 g/mol. The molecule has 2 aromatic carbocycles. The van der Waals surface area contributed by atoms with Gasteiger partial charge in [0.25, 0.3) is 0 Å². The van der Waals surface area contributed by atoms with Crippen molar-refractivity contribution in [3.05, 3.63) is 36.4 Å². The molecule has 0 aliphatic heterocycles. The van der Waals surface area contributed by atoms with Crippen molar-refractivity contribution >= 4 is 51.1 Å². The number of rotatable bonds is 3. The lowest BCUT2D eigenvalue weighted by molar-refractivity contribution is -0.484. The molecule has 0 atom stereocenters. The number of halogens is 1. The largest absolute Gasteiger partial charge is 0.518 e. The summed E-state index contributed by atoms with van der Waals surface area (Å²) in [7, 11) is 0. The summed E-state index contributed by atoms with van der Waals surface area (Å²) in [6.45, 7) is 9.06. The van der Waals surface area contributed by atoms with E-state index in [1.54, 1.807) is 26.0 Å². The normalized spacial score (nSPS) is 12.1. The van der Waals surface area contributed by atoms with Gasteiger partial charge in [0.05, 0.1) is 0 Å². The summed E-state index contributed by atoms with van der Waals surface area (Å²) in [5.74, 6) is 0.161. The van der Waals surface area contributed by atoms with Crippen molar-refractivity contribution in [1.82, 2.24) is 0 Å². The first-order chi connectivity index (χ1) is 11.5. The van der Waals surface area contributed by atoms with E-state index in [-0.39, 0.29) is 5.97 Å². The number of hydrogen-bond donors (Lipinski definition) is 1. The third-order valence-corrected chi connectivity index (χ3v) is 3.73. The maximum Gasteiger partial charge on any atom is 0.518 e. The molecular weight excluding hydrogens is 433 g/mol. The van der Waals surface area contributed by atoms with Crippen LogP contribution in [0.5, 0.6) is 5.75 Å². The number of quaternary nitrogens is 1. The van der Waals surface area contributed by atoms with Crippen molar-refractivity contribution in [2.45, 2.75) is 43.6 Å². The Morgan fingerprint density at radius 2 is 1.56 bits per heavy atom. The van der Waals surface area contributed by atoms with Gasteiger partial charge in [0, 0.05) is 16.8 Å². The van der Waals surface area contributed by atoms with Crippen LogP contribution in [0.15, 0.2) is 36.4 Å². The number of hydrogen-bond acceptors (Lipinski definition) is 4. The third kappa shape index (κ3) is 5.40. The number of esters is 1. The van der Waals surface area contributed by atoms with Crippen molar-refractivity contribution in [2.75, 3.05) is 0 Å². The maximum atomic E-state index is 12.2. The smallest absolute Gasteiger partial charge is 0.425 e. The van der Waals surface area contributed by atoms with Crippen molar-refractivity contribution in [3.8, 4) is 5.75 Å². The topological polar surface area (TPSA) is 69.2 Å². The zero-order chi connectivity index (χ0) is 18.8. The molecule has 0 bridgehead atoms. The lowest BCUT2D eigenvalue weighted by Crippen LogP contribution is -2.83. The van der Waals surface area contributed by atoms with E-state index in [0.29, 0.717) is 5.75 Å². The molecule has 2 rings (SSSR count). The van der Waals surface area contributed by atoms with Gasteiger partial charge >= 0.3 is 12.1 Å². The minimum Gasteiger partial charge on any atom is -0.425 e. The number of carbonyl (C=O) groups is 2. The Bertz CT molecular complexity index is 803. The van der Waals surface area contributed by atoms with Gasteiger partial charge in [-0.25, -0.2) is 5.32 Å². The molecule has 0 aliphatic rings. The maximum absolute atomic E-state index is 12.2. The lowest BCUT2D eigenvalue weighted by Gasteiger charge is -2.18. The van der Waals surface area contributed by atoms with Crippen LogP contribution < -0.4 is 10.1 Å². The Morgan fingerprint density at radius 3 is 2.12 bits per heavy atom. The summed E-state index contributed by atoms with van der Waals surface area (Å²) in [6.07, 6.45) is -0.407. The number of amides is 1. The van der Waals surface area contributed by atoms with Crippen LogP contribution in [0, 0.1) is 0 Å². The lowest BCUT2D eigenvalue weighted by atomic mass is 10.1. The Hall–Kier alpha value is -1.67. The van der Waals surface area contributed by atoms with Crippen molar-refractivity contribution in [1.29, 1.82) is 0 Å². The predicted molar refractivity (Wildman–Crippen MR) is 106 cm³/mol. The molecule has 2 N–H and O–H groups in total. The van der Waals surface area contributed by atoms with Crippen LogP contribution in [0.25, 0.3) is 10.8 Å². The van der Waals surface area contributed by atoms with Gasteiger partial charge in [-0.05, 0) is 46.8 Å². The molecule has 0 spiro atoms. The van der Waals surface area contributed by atoms with Crippen LogP contribution >= 0.6 is 22.6 Å². The van der Waals surface area contributed by atoms with Crippen LogP contribution in [0.3, 0.4) is 0 Å². The van der Waals surface area contributed by atoms with Gasteiger partial charge in [-0.2, -0.15) is 4.79 Å². The average Bonchev–Trinajstić information content (AvgIpc) is 2.46. The second-order valence-electron chi connectivity index (χ2n) is 7.24. The molecule has 0 unspecified atom stereocenters. The third-order valence-electron chi connectivity index (χ3n) is 3.29. The van der Waals surface area contributed by atoms with E-state index in [2.05, 4.69) is 0 Å². The summed E-state index contributed by atoms with van der Waals surface area (Å²) >= 11 is 2.05. The molecule has 1 amide bonds. The van der Waals surface area contributed by atoms with Gasteiger partial charge in [-0.1, -0.05) is 40.8 Å². The van der Waals surface area contributed by atoms with Gasteiger partial charge in [-0.3, -0.25) is 4.79 Å². The summed E-state index contributed by atoms with van der Waals surface area (Å²) in [6, 6.07) is 11.0. The first-order valence-corrected chi connectivity index (χ1v) is 9.06. The van der Waals surface area contributed by atoms with Crippen molar-refractivity contribution < 1.29 is 24.4 Å².